The Labute approximate surface area is 160 Å². The van der Waals surface area contributed by atoms with E-state index < -0.39 is 35.5 Å². The molecule has 2 aromatic rings. The summed E-state index contributed by atoms with van der Waals surface area (Å²) in [5.41, 5.74) is 5.15. The summed E-state index contributed by atoms with van der Waals surface area (Å²) in [4.78, 5) is 25.6. The van der Waals surface area contributed by atoms with Gasteiger partial charge in [0.05, 0.1) is 24.7 Å². The first-order valence-electron chi connectivity index (χ1n) is 9.01. The number of aromatic carboxylic acids is 1. The molecule has 0 radical (unpaired) electrons. The van der Waals surface area contributed by atoms with E-state index in [9.17, 15) is 23.5 Å². The third-order valence-electron chi connectivity index (χ3n) is 4.94. The summed E-state index contributed by atoms with van der Waals surface area (Å²) >= 11 is 0. The molecule has 1 saturated carbocycles. The van der Waals surface area contributed by atoms with Crippen molar-refractivity contribution in [3.63, 3.8) is 0 Å². The summed E-state index contributed by atoms with van der Waals surface area (Å²) in [7, 11) is 2.97. The fourth-order valence-corrected chi connectivity index (χ4v) is 3.46. The van der Waals surface area contributed by atoms with Gasteiger partial charge in [-0.15, -0.1) is 0 Å². The number of likely N-dealkylation sites (N-methyl/N-ethyl adjacent to an activating group) is 1. The van der Waals surface area contributed by atoms with Crippen molar-refractivity contribution in [2.45, 2.75) is 31.3 Å². The van der Waals surface area contributed by atoms with Gasteiger partial charge < -0.3 is 25.0 Å². The predicted octanol–water partition coefficient (Wildman–Crippen LogP) is 2.31. The summed E-state index contributed by atoms with van der Waals surface area (Å²) in [6.07, 6.45) is 3.08. The zero-order valence-corrected chi connectivity index (χ0v) is 15.7. The van der Waals surface area contributed by atoms with Crippen molar-refractivity contribution in [1.29, 1.82) is 0 Å². The number of anilines is 1. The van der Waals surface area contributed by atoms with Crippen molar-refractivity contribution in [3.05, 3.63) is 33.9 Å². The van der Waals surface area contributed by atoms with Crippen LogP contribution in [0.4, 0.5) is 14.5 Å². The van der Waals surface area contributed by atoms with E-state index in [-0.39, 0.29) is 35.8 Å². The van der Waals surface area contributed by atoms with Crippen LogP contribution in [0.2, 0.25) is 0 Å². The number of benzene rings is 1. The minimum Gasteiger partial charge on any atom is -0.492 e. The number of halogens is 2. The van der Waals surface area contributed by atoms with Gasteiger partial charge in [-0.25, -0.2) is 9.18 Å². The summed E-state index contributed by atoms with van der Waals surface area (Å²) in [6, 6.07) is 0.556. The van der Waals surface area contributed by atoms with E-state index in [0.29, 0.717) is 5.52 Å². The Morgan fingerprint density at radius 3 is 2.71 bits per heavy atom. The Hall–Kier alpha value is -2.68. The minimum atomic E-state index is -1.36. The van der Waals surface area contributed by atoms with E-state index in [1.165, 1.54) is 18.2 Å². The number of rotatable bonds is 8. The van der Waals surface area contributed by atoms with Gasteiger partial charge in [0.25, 0.3) is 0 Å². The molecule has 1 aromatic heterocycles. The molecule has 1 atom stereocenters. The van der Waals surface area contributed by atoms with Gasteiger partial charge in [-0.3, -0.25) is 9.18 Å². The summed E-state index contributed by atoms with van der Waals surface area (Å²) in [5, 5.41) is 9.30. The number of ether oxygens (including phenoxy) is 1. The maximum Gasteiger partial charge on any atom is 0.341 e. The number of pyridine rings is 1. The molecule has 0 spiro atoms. The number of fused-ring (bicyclic) bond motifs is 1. The first-order chi connectivity index (χ1) is 13.3. The Kier molecular flexibility index (Phi) is 5.55. The molecular formula is C19H23F2N3O4. The van der Waals surface area contributed by atoms with Gasteiger partial charge in [0.1, 0.15) is 11.3 Å². The normalized spacial score (nSPS) is 14.9. The van der Waals surface area contributed by atoms with Gasteiger partial charge >= 0.3 is 5.97 Å². The van der Waals surface area contributed by atoms with Crippen LogP contribution in [0.15, 0.2) is 17.1 Å². The number of alkyl halides is 1. The molecule has 7 nitrogen and oxygen atoms in total. The van der Waals surface area contributed by atoms with Gasteiger partial charge in [-0.05, 0) is 25.3 Å². The van der Waals surface area contributed by atoms with Crippen molar-refractivity contribution in [1.82, 2.24) is 4.57 Å². The predicted molar refractivity (Wildman–Crippen MR) is 102 cm³/mol. The lowest BCUT2D eigenvalue weighted by molar-refractivity contribution is 0.0695. The monoisotopic (exact) mass is 395 g/mol. The van der Waals surface area contributed by atoms with Gasteiger partial charge in [0.2, 0.25) is 5.43 Å². The van der Waals surface area contributed by atoms with Gasteiger partial charge in [-0.2, -0.15) is 0 Å². The molecule has 152 valence electrons. The highest BCUT2D eigenvalue weighted by molar-refractivity contribution is 5.97. The van der Waals surface area contributed by atoms with E-state index in [4.69, 9.17) is 10.5 Å². The number of aromatic nitrogens is 1. The number of methoxy groups -OCH3 is 1. The number of carboxylic acids is 1. The van der Waals surface area contributed by atoms with Crippen LogP contribution in [0.25, 0.3) is 10.9 Å². The second-order valence-electron chi connectivity index (χ2n) is 7.07. The van der Waals surface area contributed by atoms with Gasteiger partial charge in [-0.1, -0.05) is 0 Å². The zero-order chi connectivity index (χ0) is 20.6. The van der Waals surface area contributed by atoms with Crippen LogP contribution in [0.3, 0.4) is 0 Å². The van der Waals surface area contributed by atoms with E-state index in [2.05, 4.69) is 0 Å². The molecule has 0 unspecified atom stereocenters. The van der Waals surface area contributed by atoms with Crippen LogP contribution < -0.4 is 20.8 Å². The smallest absolute Gasteiger partial charge is 0.341 e. The average molecular weight is 395 g/mol. The largest absolute Gasteiger partial charge is 0.492 e. The van der Waals surface area contributed by atoms with Crippen molar-refractivity contribution in [2.75, 3.05) is 32.3 Å². The molecule has 3 rings (SSSR count). The van der Waals surface area contributed by atoms with Crippen LogP contribution in [0.5, 0.6) is 5.75 Å². The van der Waals surface area contributed by atoms with Crippen LogP contribution >= 0.6 is 0 Å². The van der Waals surface area contributed by atoms with Crippen LogP contribution in [-0.4, -0.2) is 49.1 Å². The van der Waals surface area contributed by atoms with E-state index >= 15 is 0 Å². The Bertz CT molecular complexity index is 972. The molecule has 1 aromatic carbocycles. The standard InChI is InChI=1S/C19H23F2N3O4/c1-23(8-10(22)5-6-20)16-14(21)7-12-15(18(16)28-2)24(11-3-4-11)9-13(17(12)25)19(26)27/h7,9-11H,3-6,8,22H2,1-2H3,(H,26,27)/t10-/m0/s1. The molecule has 1 heterocycles. The van der Waals surface area contributed by atoms with Crippen LogP contribution in [0, 0.1) is 5.82 Å². The molecule has 0 aliphatic heterocycles. The molecule has 1 aliphatic carbocycles. The van der Waals surface area contributed by atoms with Crippen molar-refractivity contribution >= 4 is 22.6 Å². The molecular weight excluding hydrogens is 372 g/mol. The number of carboxylic acid groups (broad SMARTS) is 1. The third kappa shape index (κ3) is 3.54. The maximum atomic E-state index is 15.0. The number of hydrogen-bond acceptors (Lipinski definition) is 5. The molecule has 0 saturated heterocycles. The van der Waals surface area contributed by atoms with E-state index in [1.807, 2.05) is 0 Å². The highest BCUT2D eigenvalue weighted by Gasteiger charge is 2.31. The third-order valence-corrected chi connectivity index (χ3v) is 4.94. The molecule has 1 fully saturated rings. The average Bonchev–Trinajstić information content (AvgIpc) is 3.46. The Morgan fingerprint density at radius 2 is 2.18 bits per heavy atom. The lowest BCUT2D eigenvalue weighted by Gasteiger charge is -2.27. The Balaban J connectivity index is 2.26. The lowest BCUT2D eigenvalue weighted by atomic mass is 10.1. The lowest BCUT2D eigenvalue weighted by Crippen LogP contribution is -2.36. The second-order valence-corrected chi connectivity index (χ2v) is 7.07. The summed E-state index contributed by atoms with van der Waals surface area (Å²) in [5.74, 6) is -1.97. The molecule has 1 aliphatic rings. The maximum absolute atomic E-state index is 15.0. The van der Waals surface area contributed by atoms with Crippen molar-refractivity contribution in [2.24, 2.45) is 5.73 Å². The topological polar surface area (TPSA) is 97.8 Å². The quantitative estimate of drug-likeness (QED) is 0.712. The molecule has 0 bridgehead atoms. The van der Waals surface area contributed by atoms with Gasteiger partial charge in [0.15, 0.2) is 11.6 Å². The summed E-state index contributed by atoms with van der Waals surface area (Å²) in [6.45, 7) is -0.394. The fraction of sp³-hybridized carbons (Fsp3) is 0.474. The molecule has 0 amide bonds. The number of hydrogen-bond donors (Lipinski definition) is 2. The zero-order valence-electron chi connectivity index (χ0n) is 15.7. The number of nitrogens with two attached hydrogens (primary N) is 1. The Morgan fingerprint density at radius 1 is 1.50 bits per heavy atom. The van der Waals surface area contributed by atoms with Gasteiger partial charge in [0, 0.05) is 31.9 Å². The van der Waals surface area contributed by atoms with E-state index in [0.717, 1.165) is 18.9 Å². The molecule has 3 N–H and O–H groups in total. The first-order valence-corrected chi connectivity index (χ1v) is 9.01. The second kappa shape index (κ2) is 7.75. The summed E-state index contributed by atoms with van der Waals surface area (Å²) < 4.78 is 34.7. The first kappa shape index (κ1) is 20.1. The molecule has 28 heavy (non-hydrogen) atoms. The van der Waals surface area contributed by atoms with Crippen LogP contribution in [0.1, 0.15) is 35.7 Å². The fourth-order valence-electron chi connectivity index (χ4n) is 3.46. The number of nitrogens with zero attached hydrogens (tertiary/aromatic N) is 2. The highest BCUT2D eigenvalue weighted by Crippen LogP contribution is 2.43. The highest BCUT2D eigenvalue weighted by atomic mass is 19.1. The minimum absolute atomic E-state index is 0.0208. The van der Waals surface area contributed by atoms with Crippen LogP contribution in [-0.2, 0) is 0 Å². The molecule has 9 heteroatoms. The van der Waals surface area contributed by atoms with E-state index in [1.54, 1.807) is 11.6 Å². The van der Waals surface area contributed by atoms with Crippen molar-refractivity contribution in [3.8, 4) is 5.75 Å². The number of carbonyl (C=O) groups is 1. The SMILES string of the molecule is COc1c(N(C)C[C@@H](N)CCF)c(F)cc2c(=O)c(C(=O)O)cn(C3CC3)c12. The van der Waals surface area contributed by atoms with Crippen molar-refractivity contribution < 1.29 is 23.4 Å².